The predicted molar refractivity (Wildman–Crippen MR) is 71.5 cm³/mol. The minimum Gasteiger partial charge on any atom is -0.214 e. The fourth-order valence-electron chi connectivity index (χ4n) is 1.35. The Morgan fingerprint density at radius 2 is 1.50 bits per heavy atom. The van der Waals surface area contributed by atoms with Crippen LogP contribution in [0.25, 0.3) is 0 Å². The van der Waals surface area contributed by atoms with Crippen molar-refractivity contribution in [3.05, 3.63) is 23.8 Å². The summed E-state index contributed by atoms with van der Waals surface area (Å²) in [7, 11) is -1.03. The van der Waals surface area contributed by atoms with Gasteiger partial charge in [0.05, 0.1) is 8.07 Å². The molecule has 5 heteroatoms. The van der Waals surface area contributed by atoms with E-state index in [2.05, 4.69) is 44.8 Å². The van der Waals surface area contributed by atoms with Crippen LogP contribution < -0.4 is 5.19 Å². The Kier molecular flexibility index (Phi) is 16.1. The Balaban J connectivity index is -0.000000125. The maximum Gasteiger partial charge on any atom is 0.0507 e. The smallest absolute Gasteiger partial charge is 0.0507 e. The van der Waals surface area contributed by atoms with Gasteiger partial charge in [0.25, 0.3) is 0 Å². The van der Waals surface area contributed by atoms with Gasteiger partial charge in [0.2, 0.25) is 0 Å². The summed E-state index contributed by atoms with van der Waals surface area (Å²) in [6, 6.07) is 6.62. The maximum atomic E-state index is 2.38. The van der Waals surface area contributed by atoms with Crippen LogP contribution in [0, 0.1) is 6.92 Å². The molecule has 0 nitrogen and oxygen atoms in total. The summed E-state index contributed by atoms with van der Waals surface area (Å²) in [4.78, 5) is 0. The van der Waals surface area contributed by atoms with Crippen molar-refractivity contribution in [3.63, 3.8) is 0 Å². The molecule has 0 amide bonds. The van der Waals surface area contributed by atoms with Crippen LogP contribution in [0.1, 0.15) is 5.56 Å². The van der Waals surface area contributed by atoms with Gasteiger partial charge in [-0.1, -0.05) is 26.6 Å². The average Bonchev–Trinajstić information content (AvgIpc) is 2.11. The molecular formula is C9H18Cl3SiV-. The summed E-state index contributed by atoms with van der Waals surface area (Å²) in [5, 5.41) is 1.60. The van der Waals surface area contributed by atoms with Gasteiger partial charge in [-0.3, -0.25) is 0 Å². The van der Waals surface area contributed by atoms with E-state index in [4.69, 9.17) is 0 Å². The number of halogens is 3. The molecule has 1 rings (SSSR count). The molecule has 0 fully saturated rings. The third-order valence-corrected chi connectivity index (χ3v) is 4.02. The minimum absolute atomic E-state index is 0. The molecule has 0 saturated carbocycles. The van der Waals surface area contributed by atoms with Gasteiger partial charge in [-0.2, -0.15) is 16.8 Å². The van der Waals surface area contributed by atoms with E-state index in [-0.39, 0.29) is 55.8 Å². The van der Waals surface area contributed by atoms with E-state index < -0.39 is 8.07 Å². The Labute approximate surface area is 119 Å². The standard InChI is InChI=1S/C9H15Si.3ClH.V/c1-8-6-5-7-9(8)10(2,3)4;;;;/h5-7H,1-4H3;3*1H;/q-1;;;;. The van der Waals surface area contributed by atoms with Crippen LogP contribution in [0.5, 0.6) is 0 Å². The van der Waals surface area contributed by atoms with Crippen LogP contribution in [-0.2, 0) is 18.6 Å². The van der Waals surface area contributed by atoms with Gasteiger partial charge in [-0.05, 0) is 0 Å². The Hall–Kier alpha value is 1.02. The molecule has 85 valence electrons. The second-order valence-corrected chi connectivity index (χ2v) is 8.91. The van der Waals surface area contributed by atoms with Crippen LogP contribution in [0.15, 0.2) is 18.2 Å². The average molecular weight is 312 g/mol. The van der Waals surface area contributed by atoms with E-state index in [1.165, 1.54) is 5.56 Å². The summed E-state index contributed by atoms with van der Waals surface area (Å²) in [6.45, 7) is 9.35. The monoisotopic (exact) mass is 310 g/mol. The Bertz CT molecular complexity index is 230. The van der Waals surface area contributed by atoms with Gasteiger partial charge in [0, 0.05) is 18.6 Å². The van der Waals surface area contributed by atoms with Crippen LogP contribution in [-0.4, -0.2) is 8.07 Å². The van der Waals surface area contributed by atoms with Gasteiger partial charge in [-0.15, -0.1) is 37.2 Å². The third-order valence-electron chi connectivity index (χ3n) is 1.84. The van der Waals surface area contributed by atoms with E-state index in [1.807, 2.05) is 0 Å². The van der Waals surface area contributed by atoms with Crippen molar-refractivity contribution in [2.45, 2.75) is 26.6 Å². The SMILES string of the molecule is C[c-]1cccc1[Si](C)(C)C.Cl.Cl.Cl.[V]. The summed E-state index contributed by atoms with van der Waals surface area (Å²) in [5.74, 6) is 0. The number of rotatable bonds is 1. The van der Waals surface area contributed by atoms with Crippen molar-refractivity contribution < 1.29 is 18.6 Å². The first-order valence-electron chi connectivity index (χ1n) is 3.74. The van der Waals surface area contributed by atoms with E-state index >= 15 is 0 Å². The van der Waals surface area contributed by atoms with Crippen LogP contribution in [0.3, 0.4) is 0 Å². The number of aryl methyl sites for hydroxylation is 1. The van der Waals surface area contributed by atoms with Crippen molar-refractivity contribution >= 4 is 50.5 Å². The summed E-state index contributed by atoms with van der Waals surface area (Å²) >= 11 is 0. The molecule has 0 aliphatic heterocycles. The molecule has 14 heavy (non-hydrogen) atoms. The fraction of sp³-hybridized carbons (Fsp3) is 0.444. The quantitative estimate of drug-likeness (QED) is 0.550. The first-order valence-corrected chi connectivity index (χ1v) is 7.24. The zero-order valence-electron chi connectivity index (χ0n) is 8.90. The summed E-state index contributed by atoms with van der Waals surface area (Å²) in [6.07, 6.45) is 0. The van der Waals surface area contributed by atoms with Crippen molar-refractivity contribution in [1.82, 2.24) is 0 Å². The third kappa shape index (κ3) is 6.49. The van der Waals surface area contributed by atoms with Crippen LogP contribution >= 0.6 is 37.2 Å². The van der Waals surface area contributed by atoms with Gasteiger partial charge in [0.1, 0.15) is 0 Å². The Morgan fingerprint density at radius 3 is 1.64 bits per heavy atom. The largest absolute Gasteiger partial charge is 0.214 e. The second kappa shape index (κ2) is 9.26. The zero-order chi connectivity index (χ0) is 7.78. The van der Waals surface area contributed by atoms with E-state index in [0.717, 1.165) is 0 Å². The molecule has 0 N–H and O–H groups in total. The maximum absolute atomic E-state index is 2.38. The molecule has 0 atom stereocenters. The topological polar surface area (TPSA) is 0 Å². The van der Waals surface area contributed by atoms with Crippen molar-refractivity contribution in [3.8, 4) is 0 Å². The summed E-state index contributed by atoms with van der Waals surface area (Å²) in [5.41, 5.74) is 1.47. The molecule has 1 radical (unpaired) electrons. The minimum atomic E-state index is -1.03. The Morgan fingerprint density at radius 1 is 1.07 bits per heavy atom. The fourth-order valence-corrected chi connectivity index (χ4v) is 3.21. The molecule has 0 spiro atoms. The van der Waals surface area contributed by atoms with Crippen molar-refractivity contribution in [1.29, 1.82) is 0 Å². The number of hydrogen-bond donors (Lipinski definition) is 0. The van der Waals surface area contributed by atoms with Gasteiger partial charge in [0.15, 0.2) is 0 Å². The molecule has 0 saturated heterocycles. The molecule has 0 aromatic heterocycles. The normalized spacial score (nSPS) is 8.57. The molecule has 0 bridgehead atoms. The second-order valence-electron chi connectivity index (χ2n) is 3.87. The van der Waals surface area contributed by atoms with Crippen molar-refractivity contribution in [2.24, 2.45) is 0 Å². The van der Waals surface area contributed by atoms with Crippen LogP contribution in [0.2, 0.25) is 19.6 Å². The van der Waals surface area contributed by atoms with Gasteiger partial charge < -0.3 is 0 Å². The molecule has 1 aromatic carbocycles. The molecule has 0 aliphatic rings. The van der Waals surface area contributed by atoms with Gasteiger partial charge >= 0.3 is 0 Å². The molecular weight excluding hydrogens is 293 g/mol. The van der Waals surface area contributed by atoms with Gasteiger partial charge in [-0.25, -0.2) is 12.1 Å². The van der Waals surface area contributed by atoms with E-state index in [1.54, 1.807) is 5.19 Å². The molecule has 0 heterocycles. The molecule has 1 aromatic rings. The molecule has 0 unspecified atom stereocenters. The first kappa shape index (κ1) is 24.3. The van der Waals surface area contributed by atoms with Crippen LogP contribution in [0.4, 0.5) is 0 Å². The van der Waals surface area contributed by atoms with E-state index in [0.29, 0.717) is 0 Å². The zero-order valence-corrected chi connectivity index (χ0v) is 13.8. The van der Waals surface area contributed by atoms with Crippen molar-refractivity contribution in [2.75, 3.05) is 0 Å². The molecule has 0 aliphatic carbocycles. The predicted octanol–water partition coefficient (Wildman–Crippen LogP) is 3.52. The number of hydrogen-bond acceptors (Lipinski definition) is 0. The van der Waals surface area contributed by atoms with E-state index in [9.17, 15) is 0 Å². The first-order chi connectivity index (χ1) is 4.52. The summed E-state index contributed by atoms with van der Waals surface area (Å²) < 4.78 is 0.